The summed E-state index contributed by atoms with van der Waals surface area (Å²) in [4.78, 5) is 32.3. The van der Waals surface area contributed by atoms with Gasteiger partial charge in [-0.2, -0.15) is 0 Å². The van der Waals surface area contributed by atoms with Crippen LogP contribution in [-0.2, 0) is 9.53 Å². The molecule has 2 aromatic carbocycles. The lowest BCUT2D eigenvalue weighted by atomic mass is 9.96. The minimum Gasteiger partial charge on any atom is -0.497 e. The van der Waals surface area contributed by atoms with Crippen LogP contribution in [-0.4, -0.2) is 29.9 Å². The zero-order chi connectivity index (χ0) is 26.9. The van der Waals surface area contributed by atoms with E-state index < -0.39 is 12.0 Å². The molecule has 1 atom stereocenters. The molecule has 0 saturated carbocycles. The molecule has 0 amide bonds. The number of thiazole rings is 1. The summed E-state index contributed by atoms with van der Waals surface area (Å²) < 4.78 is 19.8. The van der Waals surface area contributed by atoms with Gasteiger partial charge >= 0.3 is 5.97 Å². The van der Waals surface area contributed by atoms with E-state index in [4.69, 9.17) is 14.2 Å². The molecule has 0 fully saturated rings. The van der Waals surface area contributed by atoms with Crippen molar-refractivity contribution in [1.29, 1.82) is 0 Å². The predicted molar refractivity (Wildman–Crippen MR) is 148 cm³/mol. The molecule has 1 aliphatic heterocycles. The quantitative estimate of drug-likeness (QED) is 0.375. The number of hydrogen-bond donors (Lipinski definition) is 0. The van der Waals surface area contributed by atoms with E-state index in [9.17, 15) is 9.59 Å². The van der Waals surface area contributed by atoms with Gasteiger partial charge in [0.2, 0.25) is 0 Å². The fraction of sp³-hybridized carbons (Fsp3) is 0.321. The average Bonchev–Trinajstić information content (AvgIpc) is 3.13. The minimum absolute atomic E-state index is 0.0261. The SMILES string of the molecule is COc1ccc([C@H]2C(C(=O)OC(C)C)=C(C)N=c3s/c(=C/c4cc(Br)ccc4OC(C)C)c(=O)n32)cc1. The van der Waals surface area contributed by atoms with Gasteiger partial charge in [0.05, 0.1) is 41.2 Å². The fourth-order valence-electron chi connectivity index (χ4n) is 4.10. The number of carbonyl (C=O) groups is 1. The smallest absolute Gasteiger partial charge is 0.338 e. The van der Waals surface area contributed by atoms with Crippen molar-refractivity contribution >= 4 is 39.3 Å². The van der Waals surface area contributed by atoms with Crippen molar-refractivity contribution in [1.82, 2.24) is 4.57 Å². The molecule has 0 radical (unpaired) electrons. The van der Waals surface area contributed by atoms with Gasteiger partial charge in [-0.15, -0.1) is 0 Å². The number of halogens is 1. The van der Waals surface area contributed by atoms with Gasteiger partial charge < -0.3 is 14.2 Å². The molecule has 0 spiro atoms. The van der Waals surface area contributed by atoms with E-state index in [1.54, 1.807) is 32.4 Å². The number of ether oxygens (including phenoxy) is 3. The van der Waals surface area contributed by atoms with E-state index in [0.717, 1.165) is 15.6 Å². The van der Waals surface area contributed by atoms with Crippen LogP contribution in [0.1, 0.15) is 51.8 Å². The highest BCUT2D eigenvalue weighted by atomic mass is 79.9. The second-order valence-corrected chi connectivity index (χ2v) is 11.1. The predicted octanol–water partition coefficient (Wildman–Crippen LogP) is 4.75. The van der Waals surface area contributed by atoms with Gasteiger partial charge in [-0.05, 0) is 76.6 Å². The number of hydrogen-bond acceptors (Lipinski definition) is 7. The van der Waals surface area contributed by atoms with E-state index in [0.29, 0.717) is 32.1 Å². The molecule has 0 bridgehead atoms. The molecule has 1 aliphatic rings. The third-order valence-electron chi connectivity index (χ3n) is 5.64. The molecule has 0 saturated heterocycles. The van der Waals surface area contributed by atoms with Crippen LogP contribution in [0.2, 0.25) is 0 Å². The van der Waals surface area contributed by atoms with E-state index in [1.807, 2.05) is 62.4 Å². The van der Waals surface area contributed by atoms with Crippen molar-refractivity contribution in [2.24, 2.45) is 4.99 Å². The molecule has 2 heterocycles. The Labute approximate surface area is 227 Å². The van der Waals surface area contributed by atoms with Crippen molar-refractivity contribution in [3.8, 4) is 11.5 Å². The molecule has 0 aliphatic carbocycles. The Morgan fingerprint density at radius 3 is 2.43 bits per heavy atom. The number of methoxy groups -OCH3 is 1. The average molecular weight is 586 g/mol. The highest BCUT2D eigenvalue weighted by Gasteiger charge is 2.33. The molecule has 37 heavy (non-hydrogen) atoms. The number of benzene rings is 2. The van der Waals surface area contributed by atoms with Crippen molar-refractivity contribution in [3.63, 3.8) is 0 Å². The van der Waals surface area contributed by atoms with Crippen LogP contribution < -0.4 is 24.4 Å². The van der Waals surface area contributed by atoms with Crippen LogP contribution in [0.3, 0.4) is 0 Å². The number of allylic oxidation sites excluding steroid dienone is 1. The number of fused-ring (bicyclic) bond motifs is 1. The lowest BCUT2D eigenvalue weighted by molar-refractivity contribution is -0.143. The molecule has 4 rings (SSSR count). The monoisotopic (exact) mass is 584 g/mol. The first-order valence-corrected chi connectivity index (χ1v) is 13.5. The second-order valence-electron chi connectivity index (χ2n) is 9.16. The van der Waals surface area contributed by atoms with Gasteiger partial charge in [-0.3, -0.25) is 9.36 Å². The summed E-state index contributed by atoms with van der Waals surface area (Å²) in [6.07, 6.45) is 1.47. The molecule has 3 aromatic rings. The normalized spacial score (nSPS) is 15.6. The molecule has 0 N–H and O–H groups in total. The third kappa shape index (κ3) is 5.72. The zero-order valence-electron chi connectivity index (χ0n) is 21.6. The van der Waals surface area contributed by atoms with Gasteiger partial charge in [-0.25, -0.2) is 9.79 Å². The maximum absolute atomic E-state index is 13.9. The maximum Gasteiger partial charge on any atom is 0.338 e. The van der Waals surface area contributed by atoms with E-state index >= 15 is 0 Å². The Balaban J connectivity index is 1.94. The first kappa shape index (κ1) is 26.9. The molecule has 1 aromatic heterocycles. The summed E-state index contributed by atoms with van der Waals surface area (Å²) in [5.41, 5.74) is 2.13. The van der Waals surface area contributed by atoms with Crippen molar-refractivity contribution < 1.29 is 19.0 Å². The Morgan fingerprint density at radius 2 is 1.81 bits per heavy atom. The molecular formula is C28H29BrN2O5S. The number of esters is 1. The maximum atomic E-state index is 13.9. The largest absolute Gasteiger partial charge is 0.497 e. The first-order chi connectivity index (χ1) is 17.6. The van der Waals surface area contributed by atoms with Crippen molar-refractivity contribution in [2.75, 3.05) is 7.11 Å². The number of rotatable bonds is 7. The number of carbonyl (C=O) groups excluding carboxylic acids is 1. The van der Waals surface area contributed by atoms with Gasteiger partial charge in [-0.1, -0.05) is 39.4 Å². The van der Waals surface area contributed by atoms with Crippen LogP contribution in [0.15, 0.2) is 68.0 Å². The Hall–Kier alpha value is -3.17. The summed E-state index contributed by atoms with van der Waals surface area (Å²) >= 11 is 4.79. The summed E-state index contributed by atoms with van der Waals surface area (Å²) in [7, 11) is 1.59. The number of aromatic nitrogens is 1. The highest BCUT2D eigenvalue weighted by Crippen LogP contribution is 2.32. The molecule has 0 unspecified atom stereocenters. The summed E-state index contributed by atoms with van der Waals surface area (Å²) in [6.45, 7) is 9.26. The first-order valence-electron chi connectivity index (χ1n) is 11.9. The van der Waals surface area contributed by atoms with Crippen LogP contribution in [0.5, 0.6) is 11.5 Å². The van der Waals surface area contributed by atoms with E-state index in [2.05, 4.69) is 20.9 Å². The van der Waals surface area contributed by atoms with Gasteiger partial charge in [0.25, 0.3) is 5.56 Å². The molecular weight excluding hydrogens is 556 g/mol. The van der Waals surface area contributed by atoms with Gasteiger partial charge in [0.15, 0.2) is 4.80 Å². The molecule has 7 nitrogen and oxygen atoms in total. The zero-order valence-corrected chi connectivity index (χ0v) is 24.0. The summed E-state index contributed by atoms with van der Waals surface area (Å²) in [6, 6.07) is 12.3. The van der Waals surface area contributed by atoms with Gasteiger partial charge in [0, 0.05) is 10.0 Å². The van der Waals surface area contributed by atoms with Gasteiger partial charge in [0.1, 0.15) is 11.5 Å². The third-order valence-corrected chi connectivity index (χ3v) is 7.11. The standard InChI is InChI=1S/C28H29BrN2O5S/c1-15(2)35-22-12-9-20(29)13-19(22)14-23-26(32)31-25(18-7-10-21(34-6)11-8-18)24(27(33)36-16(3)4)17(5)30-28(31)37-23/h7-16,25H,1-6H3/b23-14+/t25-/m0/s1. The van der Waals surface area contributed by atoms with Crippen LogP contribution in [0, 0.1) is 0 Å². The fourth-order valence-corrected chi connectivity index (χ4v) is 5.51. The van der Waals surface area contributed by atoms with E-state index in [1.165, 1.54) is 11.3 Å². The Morgan fingerprint density at radius 1 is 1.11 bits per heavy atom. The molecule has 194 valence electrons. The molecule has 9 heteroatoms. The Kier molecular flexibility index (Phi) is 8.04. The second kappa shape index (κ2) is 11.1. The van der Waals surface area contributed by atoms with E-state index in [-0.39, 0.29) is 17.8 Å². The topological polar surface area (TPSA) is 79.1 Å². The van der Waals surface area contributed by atoms with Crippen LogP contribution in [0.25, 0.3) is 6.08 Å². The van der Waals surface area contributed by atoms with Crippen molar-refractivity contribution in [3.05, 3.63) is 89.0 Å². The lowest BCUT2D eigenvalue weighted by Gasteiger charge is -2.25. The summed E-state index contributed by atoms with van der Waals surface area (Å²) in [5.74, 6) is 0.856. The van der Waals surface area contributed by atoms with Crippen LogP contribution in [0.4, 0.5) is 0 Å². The number of nitrogens with zero attached hydrogens (tertiary/aromatic N) is 2. The van der Waals surface area contributed by atoms with Crippen LogP contribution >= 0.6 is 27.3 Å². The highest BCUT2D eigenvalue weighted by molar-refractivity contribution is 9.10. The minimum atomic E-state index is -0.690. The lowest BCUT2D eigenvalue weighted by Crippen LogP contribution is -2.40. The van der Waals surface area contributed by atoms with Crippen molar-refractivity contribution in [2.45, 2.75) is 52.9 Å². The summed E-state index contributed by atoms with van der Waals surface area (Å²) in [5, 5.41) is 0. The Bertz CT molecular complexity index is 1530.